The van der Waals surface area contributed by atoms with Crippen molar-refractivity contribution in [2.75, 3.05) is 19.6 Å². The van der Waals surface area contributed by atoms with E-state index in [0.29, 0.717) is 18.0 Å². The molecule has 2 saturated heterocycles. The fourth-order valence-electron chi connectivity index (χ4n) is 2.99. The van der Waals surface area contributed by atoms with Crippen molar-refractivity contribution in [2.24, 2.45) is 11.7 Å². The summed E-state index contributed by atoms with van der Waals surface area (Å²) >= 11 is 0. The van der Waals surface area contributed by atoms with Gasteiger partial charge in [-0.2, -0.15) is 0 Å². The van der Waals surface area contributed by atoms with Crippen LogP contribution >= 0.6 is 0 Å². The average molecular weight is 239 g/mol. The number of likely N-dealkylation sites (tertiary alicyclic amines) is 2. The van der Waals surface area contributed by atoms with E-state index in [9.17, 15) is 4.79 Å². The minimum atomic E-state index is -0.266. The molecule has 17 heavy (non-hydrogen) atoms. The molecular weight excluding hydrogens is 214 g/mol. The minimum Gasteiger partial charge on any atom is -0.338 e. The zero-order chi connectivity index (χ0) is 12.6. The van der Waals surface area contributed by atoms with E-state index in [2.05, 4.69) is 25.7 Å². The summed E-state index contributed by atoms with van der Waals surface area (Å²) < 4.78 is 0. The van der Waals surface area contributed by atoms with Crippen LogP contribution < -0.4 is 5.73 Å². The van der Waals surface area contributed by atoms with Crippen molar-refractivity contribution in [1.82, 2.24) is 9.80 Å². The quantitative estimate of drug-likeness (QED) is 0.770. The lowest BCUT2D eigenvalue weighted by Crippen LogP contribution is -2.48. The Hall–Kier alpha value is -0.610. The first-order valence-corrected chi connectivity index (χ1v) is 6.80. The molecule has 0 unspecified atom stereocenters. The van der Waals surface area contributed by atoms with Crippen LogP contribution in [0.1, 0.15) is 33.6 Å². The van der Waals surface area contributed by atoms with Crippen LogP contribution in [0.2, 0.25) is 0 Å². The molecule has 2 rings (SSSR count). The molecule has 0 aromatic heterocycles. The van der Waals surface area contributed by atoms with Gasteiger partial charge in [0.2, 0.25) is 5.91 Å². The highest BCUT2D eigenvalue weighted by molar-refractivity contribution is 5.84. The number of nitrogens with two attached hydrogens (primary N) is 1. The monoisotopic (exact) mass is 239 g/mol. The Labute approximate surface area is 104 Å². The van der Waals surface area contributed by atoms with Crippen molar-refractivity contribution >= 4 is 5.91 Å². The van der Waals surface area contributed by atoms with Crippen LogP contribution in [0, 0.1) is 5.92 Å². The maximum atomic E-state index is 12.0. The molecule has 4 heteroatoms. The summed E-state index contributed by atoms with van der Waals surface area (Å²) in [6.45, 7) is 9.61. The molecule has 2 heterocycles. The molecule has 0 aliphatic carbocycles. The molecule has 2 N–H and O–H groups in total. The summed E-state index contributed by atoms with van der Waals surface area (Å²) in [5.74, 6) is 0.478. The number of nitrogens with zero attached hydrogens (tertiary/aromatic N) is 2. The Kier molecular flexibility index (Phi) is 3.73. The molecule has 0 aromatic rings. The van der Waals surface area contributed by atoms with E-state index in [-0.39, 0.29) is 11.9 Å². The Morgan fingerprint density at radius 2 is 1.88 bits per heavy atom. The number of amides is 1. The van der Waals surface area contributed by atoms with E-state index in [1.165, 1.54) is 0 Å². The van der Waals surface area contributed by atoms with Crippen molar-refractivity contribution in [1.29, 1.82) is 0 Å². The summed E-state index contributed by atoms with van der Waals surface area (Å²) in [6, 6.07) is 0.776. The number of carbonyl (C=O) groups excluding carboxylic acids is 1. The molecule has 2 fully saturated rings. The molecule has 98 valence electrons. The predicted octanol–water partition coefficient (Wildman–Crippen LogP) is 0.665. The summed E-state index contributed by atoms with van der Waals surface area (Å²) in [5.41, 5.74) is 5.89. The molecule has 0 aromatic carbocycles. The SMILES string of the molecule is CC(C)N1CCC(N2C[C@H](C)[C@H](N)C2=O)CC1. The van der Waals surface area contributed by atoms with E-state index in [1.54, 1.807) is 0 Å². The molecule has 0 spiro atoms. The standard InChI is InChI=1S/C13H25N3O/c1-9(2)15-6-4-11(5-7-15)16-8-10(3)12(14)13(16)17/h9-12H,4-8,14H2,1-3H3/t10-,12-/m0/s1. The van der Waals surface area contributed by atoms with Crippen molar-refractivity contribution in [3.05, 3.63) is 0 Å². The molecule has 0 saturated carbocycles. The van der Waals surface area contributed by atoms with E-state index in [1.807, 2.05) is 4.90 Å². The van der Waals surface area contributed by atoms with Gasteiger partial charge in [-0.05, 0) is 32.6 Å². The molecule has 4 nitrogen and oxygen atoms in total. The fraction of sp³-hybridized carbons (Fsp3) is 0.923. The van der Waals surface area contributed by atoms with Gasteiger partial charge in [0.05, 0.1) is 6.04 Å². The van der Waals surface area contributed by atoms with E-state index >= 15 is 0 Å². The fourth-order valence-corrected chi connectivity index (χ4v) is 2.99. The molecule has 0 radical (unpaired) electrons. The minimum absolute atomic E-state index is 0.167. The number of carbonyl (C=O) groups is 1. The van der Waals surface area contributed by atoms with Gasteiger partial charge in [-0.1, -0.05) is 6.92 Å². The van der Waals surface area contributed by atoms with E-state index < -0.39 is 0 Å². The van der Waals surface area contributed by atoms with Crippen molar-refractivity contribution in [2.45, 2.75) is 51.7 Å². The van der Waals surface area contributed by atoms with Gasteiger partial charge >= 0.3 is 0 Å². The van der Waals surface area contributed by atoms with Gasteiger partial charge in [0.1, 0.15) is 0 Å². The van der Waals surface area contributed by atoms with Gasteiger partial charge < -0.3 is 15.5 Å². The Morgan fingerprint density at radius 1 is 1.29 bits per heavy atom. The topological polar surface area (TPSA) is 49.6 Å². The largest absolute Gasteiger partial charge is 0.338 e. The first kappa shape index (κ1) is 12.8. The summed E-state index contributed by atoms with van der Waals surface area (Å²) in [7, 11) is 0. The smallest absolute Gasteiger partial charge is 0.240 e. The van der Waals surface area contributed by atoms with Crippen LogP contribution in [0.4, 0.5) is 0 Å². The molecule has 2 aliphatic rings. The number of piperidine rings is 1. The molecular formula is C13H25N3O. The summed E-state index contributed by atoms with van der Waals surface area (Å²) in [6.07, 6.45) is 2.20. The van der Waals surface area contributed by atoms with E-state index in [0.717, 1.165) is 32.5 Å². The number of hydrogen-bond acceptors (Lipinski definition) is 3. The maximum Gasteiger partial charge on any atom is 0.240 e. The second kappa shape index (κ2) is 4.94. The van der Waals surface area contributed by atoms with Gasteiger partial charge in [0.25, 0.3) is 0 Å². The van der Waals surface area contributed by atoms with Gasteiger partial charge in [0, 0.05) is 31.7 Å². The van der Waals surface area contributed by atoms with E-state index in [4.69, 9.17) is 5.73 Å². The van der Waals surface area contributed by atoms with Crippen LogP contribution in [0.15, 0.2) is 0 Å². The zero-order valence-electron chi connectivity index (χ0n) is 11.2. The van der Waals surface area contributed by atoms with Gasteiger partial charge in [-0.15, -0.1) is 0 Å². The molecule has 2 aliphatic heterocycles. The highest BCUT2D eigenvalue weighted by Crippen LogP contribution is 2.25. The average Bonchev–Trinajstić information content (AvgIpc) is 2.57. The van der Waals surface area contributed by atoms with Crippen LogP contribution in [0.5, 0.6) is 0 Å². The zero-order valence-corrected chi connectivity index (χ0v) is 11.2. The van der Waals surface area contributed by atoms with Gasteiger partial charge in [0.15, 0.2) is 0 Å². The second-order valence-electron chi connectivity index (χ2n) is 5.85. The second-order valence-corrected chi connectivity index (χ2v) is 5.85. The van der Waals surface area contributed by atoms with Gasteiger partial charge in [-0.3, -0.25) is 4.79 Å². The first-order valence-electron chi connectivity index (χ1n) is 6.80. The summed E-state index contributed by atoms with van der Waals surface area (Å²) in [5, 5.41) is 0. The van der Waals surface area contributed by atoms with Crippen LogP contribution in [0.3, 0.4) is 0 Å². The Balaban J connectivity index is 1.91. The summed E-state index contributed by atoms with van der Waals surface area (Å²) in [4.78, 5) is 16.5. The van der Waals surface area contributed by atoms with Gasteiger partial charge in [-0.25, -0.2) is 0 Å². The highest BCUT2D eigenvalue weighted by Gasteiger charge is 2.39. The van der Waals surface area contributed by atoms with Crippen LogP contribution in [-0.4, -0.2) is 53.5 Å². The molecule has 2 atom stereocenters. The predicted molar refractivity (Wildman–Crippen MR) is 68.6 cm³/mol. The molecule has 1 amide bonds. The molecule has 0 bridgehead atoms. The Bertz CT molecular complexity index is 284. The maximum absolute atomic E-state index is 12.0. The third-order valence-corrected chi connectivity index (χ3v) is 4.34. The van der Waals surface area contributed by atoms with Crippen molar-refractivity contribution in [3.8, 4) is 0 Å². The van der Waals surface area contributed by atoms with Crippen molar-refractivity contribution in [3.63, 3.8) is 0 Å². The van der Waals surface area contributed by atoms with Crippen molar-refractivity contribution < 1.29 is 4.79 Å². The lowest BCUT2D eigenvalue weighted by atomic mass is 10.0. The Morgan fingerprint density at radius 3 is 2.29 bits per heavy atom. The third kappa shape index (κ3) is 2.47. The normalized spacial score (nSPS) is 32.8. The van der Waals surface area contributed by atoms with Crippen LogP contribution in [-0.2, 0) is 4.79 Å². The number of rotatable bonds is 2. The highest BCUT2D eigenvalue weighted by atomic mass is 16.2. The number of hydrogen-bond donors (Lipinski definition) is 1. The first-order chi connectivity index (χ1) is 8.00. The van der Waals surface area contributed by atoms with Crippen LogP contribution in [0.25, 0.3) is 0 Å². The third-order valence-electron chi connectivity index (χ3n) is 4.34. The lowest BCUT2D eigenvalue weighted by Gasteiger charge is -2.38. The lowest BCUT2D eigenvalue weighted by molar-refractivity contribution is -0.131.